The van der Waals surface area contributed by atoms with Crippen molar-refractivity contribution < 1.29 is 23.9 Å². The highest BCUT2D eigenvalue weighted by molar-refractivity contribution is 5.93. The summed E-state index contributed by atoms with van der Waals surface area (Å²) < 4.78 is 16.4. The summed E-state index contributed by atoms with van der Waals surface area (Å²) in [5, 5.41) is 17.6. The molecule has 0 bridgehead atoms. The highest BCUT2D eigenvalue weighted by atomic mass is 16.5. The number of amides is 1. The Labute approximate surface area is 156 Å². The largest absolute Gasteiger partial charge is 0.496 e. The number of hydrogen-bond acceptors (Lipinski definition) is 6. The maximum Gasteiger partial charge on any atom is 0.273 e. The Balaban J connectivity index is 1.72. The van der Waals surface area contributed by atoms with Crippen molar-refractivity contribution in [2.45, 2.75) is 26.0 Å². The number of aliphatic hydroxyl groups is 1. The molecule has 2 N–H and O–H groups in total. The predicted octanol–water partition coefficient (Wildman–Crippen LogP) is 2.92. The molecule has 1 heterocycles. The Morgan fingerprint density at radius 2 is 1.85 bits per heavy atom. The molecule has 0 saturated heterocycles. The SMILES string of the molecule is COc1ccc(OCc2cc(C(=O)NC(C)(C)CO)no2)c2ccccc12. The number of carbonyl (C=O) groups excluding carboxylic acids is 1. The van der Waals surface area contributed by atoms with Gasteiger partial charge in [-0.1, -0.05) is 29.4 Å². The number of aliphatic hydroxyl groups excluding tert-OH is 1. The van der Waals surface area contributed by atoms with Gasteiger partial charge in [-0.25, -0.2) is 0 Å². The number of ether oxygens (including phenoxy) is 2. The van der Waals surface area contributed by atoms with Crippen LogP contribution in [-0.2, 0) is 6.61 Å². The first-order chi connectivity index (χ1) is 12.9. The monoisotopic (exact) mass is 370 g/mol. The van der Waals surface area contributed by atoms with Crippen molar-refractivity contribution in [1.82, 2.24) is 10.5 Å². The molecular formula is C20H22N2O5. The number of carbonyl (C=O) groups is 1. The van der Waals surface area contributed by atoms with Crippen molar-refractivity contribution in [3.05, 3.63) is 53.9 Å². The van der Waals surface area contributed by atoms with Crippen LogP contribution in [0.4, 0.5) is 0 Å². The van der Waals surface area contributed by atoms with Crippen LogP contribution in [0.1, 0.15) is 30.1 Å². The number of hydrogen-bond donors (Lipinski definition) is 2. The van der Waals surface area contributed by atoms with E-state index in [9.17, 15) is 9.90 Å². The second-order valence-electron chi connectivity index (χ2n) is 6.77. The number of aromatic nitrogens is 1. The number of nitrogens with one attached hydrogen (secondary N) is 1. The zero-order chi connectivity index (χ0) is 19.4. The van der Waals surface area contributed by atoms with Gasteiger partial charge in [-0.05, 0) is 26.0 Å². The lowest BCUT2D eigenvalue weighted by atomic mass is 10.1. The third-order valence-corrected chi connectivity index (χ3v) is 4.07. The highest BCUT2D eigenvalue weighted by Gasteiger charge is 2.22. The Morgan fingerprint density at radius 3 is 2.52 bits per heavy atom. The smallest absolute Gasteiger partial charge is 0.273 e. The Kier molecular flexibility index (Phi) is 5.32. The van der Waals surface area contributed by atoms with Gasteiger partial charge in [0.05, 0.1) is 19.3 Å². The lowest BCUT2D eigenvalue weighted by molar-refractivity contribution is 0.0860. The van der Waals surface area contributed by atoms with Gasteiger partial charge in [-0.2, -0.15) is 0 Å². The first-order valence-corrected chi connectivity index (χ1v) is 8.51. The highest BCUT2D eigenvalue weighted by Crippen LogP contribution is 2.33. The van der Waals surface area contributed by atoms with E-state index in [0.717, 1.165) is 16.5 Å². The van der Waals surface area contributed by atoms with Crippen LogP contribution < -0.4 is 14.8 Å². The van der Waals surface area contributed by atoms with E-state index in [2.05, 4.69) is 10.5 Å². The summed E-state index contributed by atoms with van der Waals surface area (Å²) in [6.07, 6.45) is 0. The lowest BCUT2D eigenvalue weighted by Crippen LogP contribution is -2.46. The van der Waals surface area contributed by atoms with Gasteiger partial charge in [-0.15, -0.1) is 0 Å². The maximum absolute atomic E-state index is 12.2. The zero-order valence-electron chi connectivity index (χ0n) is 15.5. The first-order valence-electron chi connectivity index (χ1n) is 8.51. The fraction of sp³-hybridized carbons (Fsp3) is 0.300. The molecule has 3 rings (SSSR count). The lowest BCUT2D eigenvalue weighted by Gasteiger charge is -2.22. The van der Waals surface area contributed by atoms with E-state index in [-0.39, 0.29) is 18.9 Å². The van der Waals surface area contributed by atoms with Crippen LogP contribution in [-0.4, -0.2) is 35.4 Å². The molecule has 0 aliphatic heterocycles. The molecule has 0 radical (unpaired) electrons. The van der Waals surface area contributed by atoms with E-state index in [1.54, 1.807) is 21.0 Å². The van der Waals surface area contributed by atoms with Crippen LogP contribution in [0, 0.1) is 0 Å². The minimum Gasteiger partial charge on any atom is -0.496 e. The number of rotatable bonds is 7. The third kappa shape index (κ3) is 4.20. The van der Waals surface area contributed by atoms with E-state index in [1.807, 2.05) is 36.4 Å². The second-order valence-corrected chi connectivity index (χ2v) is 6.77. The number of benzene rings is 2. The summed E-state index contributed by atoms with van der Waals surface area (Å²) in [4.78, 5) is 12.2. The molecule has 0 spiro atoms. The van der Waals surface area contributed by atoms with E-state index >= 15 is 0 Å². The minimum atomic E-state index is -0.741. The maximum atomic E-state index is 12.2. The summed E-state index contributed by atoms with van der Waals surface area (Å²) in [5.74, 6) is 1.44. The quantitative estimate of drug-likeness (QED) is 0.664. The fourth-order valence-corrected chi connectivity index (χ4v) is 2.60. The van der Waals surface area contributed by atoms with Gasteiger partial charge >= 0.3 is 0 Å². The van der Waals surface area contributed by atoms with E-state index in [4.69, 9.17) is 14.0 Å². The van der Waals surface area contributed by atoms with Crippen molar-refractivity contribution >= 4 is 16.7 Å². The molecule has 0 saturated carbocycles. The van der Waals surface area contributed by atoms with E-state index < -0.39 is 11.4 Å². The predicted molar refractivity (Wildman–Crippen MR) is 100.0 cm³/mol. The standard InChI is InChI=1S/C20H22N2O5/c1-20(2,12-23)21-19(24)16-10-13(27-22-16)11-26-18-9-8-17(25-3)14-6-4-5-7-15(14)18/h4-10,23H,11-12H2,1-3H3,(H,21,24). The number of nitrogens with zero attached hydrogens (tertiary/aromatic N) is 1. The molecule has 0 unspecified atom stereocenters. The van der Waals surface area contributed by atoms with Crippen molar-refractivity contribution in [1.29, 1.82) is 0 Å². The van der Waals surface area contributed by atoms with Crippen LogP contribution in [0.5, 0.6) is 11.5 Å². The molecule has 2 aromatic carbocycles. The fourth-order valence-electron chi connectivity index (χ4n) is 2.60. The van der Waals surface area contributed by atoms with Crippen molar-refractivity contribution in [2.24, 2.45) is 0 Å². The second kappa shape index (κ2) is 7.67. The Hall–Kier alpha value is -3.06. The summed E-state index contributed by atoms with van der Waals surface area (Å²) in [5.41, 5.74) is -0.607. The molecule has 7 heteroatoms. The molecule has 1 aromatic heterocycles. The van der Waals surface area contributed by atoms with Crippen LogP contribution in [0.3, 0.4) is 0 Å². The average molecular weight is 370 g/mol. The number of methoxy groups -OCH3 is 1. The van der Waals surface area contributed by atoms with Gasteiger partial charge in [0.1, 0.15) is 18.1 Å². The van der Waals surface area contributed by atoms with E-state index in [0.29, 0.717) is 11.5 Å². The molecule has 142 valence electrons. The van der Waals surface area contributed by atoms with Crippen molar-refractivity contribution in [2.75, 3.05) is 13.7 Å². The molecule has 0 aliphatic rings. The van der Waals surface area contributed by atoms with Gasteiger partial charge in [0, 0.05) is 16.8 Å². The summed E-state index contributed by atoms with van der Waals surface area (Å²) in [7, 11) is 1.63. The zero-order valence-corrected chi connectivity index (χ0v) is 15.5. The molecule has 3 aromatic rings. The normalized spacial score (nSPS) is 11.4. The summed E-state index contributed by atoms with van der Waals surface area (Å²) in [6.45, 7) is 3.37. The topological polar surface area (TPSA) is 93.8 Å². The van der Waals surface area contributed by atoms with Crippen LogP contribution >= 0.6 is 0 Å². The number of fused-ring (bicyclic) bond motifs is 1. The molecule has 1 amide bonds. The van der Waals surface area contributed by atoms with Gasteiger partial charge in [0.2, 0.25) is 0 Å². The van der Waals surface area contributed by atoms with Gasteiger partial charge < -0.3 is 24.4 Å². The molecule has 27 heavy (non-hydrogen) atoms. The van der Waals surface area contributed by atoms with E-state index in [1.165, 1.54) is 6.07 Å². The van der Waals surface area contributed by atoms with Gasteiger partial charge in [0.15, 0.2) is 11.5 Å². The van der Waals surface area contributed by atoms with Crippen molar-refractivity contribution in [3.63, 3.8) is 0 Å². The van der Waals surface area contributed by atoms with Gasteiger partial charge in [-0.3, -0.25) is 4.79 Å². The minimum absolute atomic E-state index is 0.125. The average Bonchev–Trinajstić information content (AvgIpc) is 3.15. The Morgan fingerprint density at radius 1 is 1.19 bits per heavy atom. The van der Waals surface area contributed by atoms with Crippen LogP contribution in [0.25, 0.3) is 10.8 Å². The molecule has 0 fully saturated rings. The Bertz CT molecular complexity index is 948. The summed E-state index contributed by atoms with van der Waals surface area (Å²) >= 11 is 0. The molecular weight excluding hydrogens is 348 g/mol. The molecule has 0 aliphatic carbocycles. The van der Waals surface area contributed by atoms with Gasteiger partial charge in [0.25, 0.3) is 5.91 Å². The first kappa shape index (κ1) is 18.7. The van der Waals surface area contributed by atoms with Crippen LogP contribution in [0.2, 0.25) is 0 Å². The summed E-state index contributed by atoms with van der Waals surface area (Å²) in [6, 6.07) is 13.0. The van der Waals surface area contributed by atoms with Crippen LogP contribution in [0.15, 0.2) is 47.0 Å². The molecule has 0 atom stereocenters. The third-order valence-electron chi connectivity index (χ3n) is 4.07. The van der Waals surface area contributed by atoms with Crippen molar-refractivity contribution in [3.8, 4) is 11.5 Å². The molecule has 7 nitrogen and oxygen atoms in total.